The van der Waals surface area contributed by atoms with E-state index in [9.17, 15) is 0 Å². The molecule has 0 fully saturated rings. The maximum atomic E-state index is 5.69. The summed E-state index contributed by atoms with van der Waals surface area (Å²) in [5, 5.41) is 3.40. The standard InChI is InChI=1S/C16H25NO/c1-3-4-12-17-14-15(2)18-13-8-11-16-9-6-5-7-10-16/h5-11,15,17H,3-4,12-14H2,1-2H3. The van der Waals surface area contributed by atoms with E-state index in [0.717, 1.165) is 13.1 Å². The van der Waals surface area contributed by atoms with Gasteiger partial charge in [-0.2, -0.15) is 0 Å². The van der Waals surface area contributed by atoms with Crippen LogP contribution in [0.3, 0.4) is 0 Å². The lowest BCUT2D eigenvalue weighted by molar-refractivity contribution is 0.0882. The van der Waals surface area contributed by atoms with Crippen LogP contribution in [-0.4, -0.2) is 25.8 Å². The van der Waals surface area contributed by atoms with Gasteiger partial charge in [0, 0.05) is 6.54 Å². The van der Waals surface area contributed by atoms with Gasteiger partial charge < -0.3 is 10.1 Å². The Morgan fingerprint density at radius 2 is 2.06 bits per heavy atom. The van der Waals surface area contributed by atoms with Crippen LogP contribution in [0, 0.1) is 0 Å². The first-order valence-corrected chi connectivity index (χ1v) is 6.87. The van der Waals surface area contributed by atoms with Crippen LogP contribution in [0.4, 0.5) is 0 Å². The Morgan fingerprint density at radius 1 is 1.28 bits per heavy atom. The van der Waals surface area contributed by atoms with Crippen LogP contribution in [-0.2, 0) is 4.74 Å². The number of benzene rings is 1. The molecular formula is C16H25NO. The second-order valence-corrected chi connectivity index (χ2v) is 4.51. The maximum Gasteiger partial charge on any atom is 0.0675 e. The molecule has 0 radical (unpaired) electrons. The molecule has 100 valence electrons. The summed E-state index contributed by atoms with van der Waals surface area (Å²) in [6, 6.07) is 10.3. The number of nitrogens with one attached hydrogen (secondary N) is 1. The molecule has 1 rings (SSSR count). The SMILES string of the molecule is CCCCNCC(C)OCC=Cc1ccccc1. The van der Waals surface area contributed by atoms with Gasteiger partial charge in [0.25, 0.3) is 0 Å². The third kappa shape index (κ3) is 7.25. The Labute approximate surface area is 111 Å². The average molecular weight is 247 g/mol. The van der Waals surface area contributed by atoms with Gasteiger partial charge in [-0.05, 0) is 25.5 Å². The highest BCUT2D eigenvalue weighted by atomic mass is 16.5. The largest absolute Gasteiger partial charge is 0.373 e. The highest BCUT2D eigenvalue weighted by Gasteiger charge is 1.99. The van der Waals surface area contributed by atoms with Gasteiger partial charge in [0.1, 0.15) is 0 Å². The zero-order valence-corrected chi connectivity index (χ0v) is 11.6. The molecule has 0 bridgehead atoms. The Balaban J connectivity index is 2.08. The van der Waals surface area contributed by atoms with Crippen molar-refractivity contribution in [2.45, 2.75) is 32.8 Å². The monoisotopic (exact) mass is 247 g/mol. The molecule has 1 atom stereocenters. The summed E-state index contributed by atoms with van der Waals surface area (Å²) in [6.07, 6.45) is 6.90. The van der Waals surface area contributed by atoms with Gasteiger partial charge in [-0.25, -0.2) is 0 Å². The molecule has 0 spiro atoms. The molecule has 1 N–H and O–H groups in total. The van der Waals surface area contributed by atoms with Crippen molar-refractivity contribution in [2.75, 3.05) is 19.7 Å². The Hall–Kier alpha value is -1.12. The number of ether oxygens (including phenoxy) is 1. The van der Waals surface area contributed by atoms with Crippen LogP contribution in [0.25, 0.3) is 6.08 Å². The van der Waals surface area contributed by atoms with Gasteiger partial charge in [-0.15, -0.1) is 0 Å². The molecule has 1 aromatic rings. The average Bonchev–Trinajstić information content (AvgIpc) is 2.41. The summed E-state index contributed by atoms with van der Waals surface area (Å²) in [6.45, 7) is 7.00. The Bertz CT molecular complexity index is 321. The summed E-state index contributed by atoms with van der Waals surface area (Å²) in [5.41, 5.74) is 1.22. The molecule has 0 aliphatic rings. The van der Waals surface area contributed by atoms with Crippen LogP contribution < -0.4 is 5.32 Å². The first kappa shape index (κ1) is 14.9. The van der Waals surface area contributed by atoms with Crippen molar-refractivity contribution in [3.8, 4) is 0 Å². The van der Waals surface area contributed by atoms with Crippen LogP contribution in [0.1, 0.15) is 32.3 Å². The quantitative estimate of drug-likeness (QED) is 0.674. The topological polar surface area (TPSA) is 21.3 Å². The molecule has 0 aliphatic heterocycles. The third-order valence-electron chi connectivity index (χ3n) is 2.73. The van der Waals surface area contributed by atoms with E-state index in [1.54, 1.807) is 0 Å². The lowest BCUT2D eigenvalue weighted by Gasteiger charge is -2.12. The van der Waals surface area contributed by atoms with Crippen molar-refractivity contribution in [3.05, 3.63) is 42.0 Å². The summed E-state index contributed by atoms with van der Waals surface area (Å²) >= 11 is 0. The Morgan fingerprint density at radius 3 is 2.78 bits per heavy atom. The zero-order valence-electron chi connectivity index (χ0n) is 11.6. The van der Waals surface area contributed by atoms with E-state index < -0.39 is 0 Å². The summed E-state index contributed by atoms with van der Waals surface area (Å²) in [5.74, 6) is 0. The van der Waals surface area contributed by atoms with E-state index >= 15 is 0 Å². The number of rotatable bonds is 9. The third-order valence-corrected chi connectivity index (χ3v) is 2.73. The number of hydrogen-bond acceptors (Lipinski definition) is 2. The van der Waals surface area contributed by atoms with Crippen LogP contribution in [0.15, 0.2) is 36.4 Å². The summed E-state index contributed by atoms with van der Waals surface area (Å²) < 4.78 is 5.69. The van der Waals surface area contributed by atoms with Gasteiger partial charge in [-0.3, -0.25) is 0 Å². The minimum Gasteiger partial charge on any atom is -0.373 e. The van der Waals surface area contributed by atoms with E-state index in [0.29, 0.717) is 6.61 Å². The van der Waals surface area contributed by atoms with Crippen LogP contribution >= 0.6 is 0 Å². The van der Waals surface area contributed by atoms with E-state index in [4.69, 9.17) is 4.74 Å². The molecule has 0 aromatic heterocycles. The van der Waals surface area contributed by atoms with Gasteiger partial charge in [0.2, 0.25) is 0 Å². The molecule has 1 aromatic carbocycles. The second-order valence-electron chi connectivity index (χ2n) is 4.51. The van der Waals surface area contributed by atoms with E-state index in [-0.39, 0.29) is 6.10 Å². The highest BCUT2D eigenvalue weighted by molar-refractivity contribution is 5.48. The molecule has 0 aliphatic carbocycles. The van der Waals surface area contributed by atoms with Crippen LogP contribution in [0.2, 0.25) is 0 Å². The molecule has 0 saturated heterocycles. The smallest absolute Gasteiger partial charge is 0.0675 e. The fourth-order valence-corrected chi connectivity index (χ4v) is 1.63. The highest BCUT2D eigenvalue weighted by Crippen LogP contribution is 2.01. The predicted molar refractivity (Wildman–Crippen MR) is 78.7 cm³/mol. The number of hydrogen-bond donors (Lipinski definition) is 1. The van der Waals surface area contributed by atoms with Gasteiger partial charge in [0.05, 0.1) is 12.7 Å². The minimum atomic E-state index is 0.266. The minimum absolute atomic E-state index is 0.266. The van der Waals surface area contributed by atoms with Crippen molar-refractivity contribution in [1.82, 2.24) is 5.32 Å². The maximum absolute atomic E-state index is 5.69. The molecule has 0 amide bonds. The molecule has 0 saturated carbocycles. The molecule has 1 unspecified atom stereocenters. The molecule has 0 heterocycles. The van der Waals surface area contributed by atoms with Crippen molar-refractivity contribution in [1.29, 1.82) is 0 Å². The lowest BCUT2D eigenvalue weighted by atomic mass is 10.2. The molecule has 2 heteroatoms. The van der Waals surface area contributed by atoms with E-state index in [1.165, 1.54) is 18.4 Å². The molecular weight excluding hydrogens is 222 g/mol. The lowest BCUT2D eigenvalue weighted by Crippen LogP contribution is -2.27. The molecule has 2 nitrogen and oxygen atoms in total. The van der Waals surface area contributed by atoms with Gasteiger partial charge in [0.15, 0.2) is 0 Å². The van der Waals surface area contributed by atoms with Crippen molar-refractivity contribution >= 4 is 6.08 Å². The molecule has 18 heavy (non-hydrogen) atoms. The second kappa shape index (κ2) is 9.86. The van der Waals surface area contributed by atoms with Gasteiger partial charge in [-0.1, -0.05) is 55.8 Å². The van der Waals surface area contributed by atoms with Crippen molar-refractivity contribution < 1.29 is 4.74 Å². The fraction of sp³-hybridized carbons (Fsp3) is 0.500. The van der Waals surface area contributed by atoms with E-state index in [2.05, 4.69) is 43.4 Å². The zero-order chi connectivity index (χ0) is 13.1. The van der Waals surface area contributed by atoms with Crippen molar-refractivity contribution in [3.63, 3.8) is 0 Å². The predicted octanol–water partition coefficient (Wildman–Crippen LogP) is 3.49. The fourth-order valence-electron chi connectivity index (χ4n) is 1.63. The normalized spacial score (nSPS) is 13.0. The summed E-state index contributed by atoms with van der Waals surface area (Å²) in [4.78, 5) is 0. The first-order valence-electron chi connectivity index (χ1n) is 6.87. The van der Waals surface area contributed by atoms with Gasteiger partial charge >= 0.3 is 0 Å². The van der Waals surface area contributed by atoms with E-state index in [1.807, 2.05) is 18.2 Å². The van der Waals surface area contributed by atoms with Crippen molar-refractivity contribution in [2.24, 2.45) is 0 Å². The number of unbranched alkanes of at least 4 members (excludes halogenated alkanes) is 1. The van der Waals surface area contributed by atoms with Crippen LogP contribution in [0.5, 0.6) is 0 Å². The Kier molecular flexibility index (Phi) is 8.19. The first-order chi connectivity index (χ1) is 8.83. The summed E-state index contributed by atoms with van der Waals surface area (Å²) in [7, 11) is 0.